The molecule has 0 aliphatic heterocycles. The van der Waals surface area contributed by atoms with Gasteiger partial charge in [0.1, 0.15) is 5.75 Å². The Balaban J connectivity index is 2.21. The van der Waals surface area contributed by atoms with Crippen LogP contribution in [0.4, 0.5) is 0 Å². The van der Waals surface area contributed by atoms with Gasteiger partial charge in [0.2, 0.25) is 0 Å². The predicted octanol–water partition coefficient (Wildman–Crippen LogP) is 4.39. The molecule has 1 fully saturated rings. The third kappa shape index (κ3) is 3.35. The van der Waals surface area contributed by atoms with Crippen LogP contribution < -0.4 is 10.5 Å². The van der Waals surface area contributed by atoms with Gasteiger partial charge in [0.25, 0.3) is 0 Å². The van der Waals surface area contributed by atoms with Gasteiger partial charge in [0.05, 0.1) is 7.11 Å². The molecule has 2 heteroatoms. The quantitative estimate of drug-likeness (QED) is 0.884. The van der Waals surface area contributed by atoms with Gasteiger partial charge in [0.15, 0.2) is 0 Å². The van der Waals surface area contributed by atoms with Crippen LogP contribution in [-0.4, -0.2) is 7.11 Å². The fourth-order valence-corrected chi connectivity index (χ4v) is 3.86. The fourth-order valence-electron chi connectivity index (χ4n) is 3.86. The molecule has 0 spiro atoms. The molecule has 0 radical (unpaired) electrons. The maximum atomic E-state index is 6.80. The van der Waals surface area contributed by atoms with Crippen molar-refractivity contribution in [3.63, 3.8) is 0 Å². The van der Waals surface area contributed by atoms with Gasteiger partial charge in [-0.05, 0) is 61.3 Å². The van der Waals surface area contributed by atoms with E-state index in [9.17, 15) is 0 Å². The molecule has 0 bridgehead atoms. The minimum absolute atomic E-state index is 0.145. The van der Waals surface area contributed by atoms with Crippen molar-refractivity contribution in [1.82, 2.24) is 0 Å². The summed E-state index contributed by atoms with van der Waals surface area (Å²) >= 11 is 0. The summed E-state index contributed by atoms with van der Waals surface area (Å²) in [5.41, 5.74) is 9.23. The van der Waals surface area contributed by atoms with Crippen LogP contribution in [0, 0.1) is 18.8 Å². The van der Waals surface area contributed by atoms with Crippen molar-refractivity contribution in [2.75, 3.05) is 7.11 Å². The van der Waals surface area contributed by atoms with Crippen molar-refractivity contribution in [3.05, 3.63) is 29.3 Å². The Morgan fingerprint density at radius 3 is 2.75 bits per heavy atom. The van der Waals surface area contributed by atoms with Gasteiger partial charge in [-0.25, -0.2) is 0 Å². The average molecular weight is 275 g/mol. The molecule has 2 rings (SSSR count). The maximum absolute atomic E-state index is 6.80. The lowest BCUT2D eigenvalue weighted by molar-refractivity contribution is 0.202. The first-order chi connectivity index (χ1) is 9.44. The molecule has 1 aliphatic carbocycles. The van der Waals surface area contributed by atoms with Crippen LogP contribution in [0.25, 0.3) is 0 Å². The monoisotopic (exact) mass is 275 g/mol. The van der Waals surface area contributed by atoms with E-state index in [1.807, 2.05) is 6.07 Å². The number of rotatable bonds is 4. The summed E-state index contributed by atoms with van der Waals surface area (Å²) in [5, 5.41) is 0. The zero-order valence-electron chi connectivity index (χ0n) is 13.4. The Hall–Kier alpha value is -1.02. The molecule has 0 amide bonds. The zero-order chi connectivity index (χ0) is 14.8. The van der Waals surface area contributed by atoms with Crippen LogP contribution >= 0.6 is 0 Å². The second-order valence-corrected chi connectivity index (χ2v) is 6.93. The Morgan fingerprint density at radius 2 is 2.15 bits per heavy atom. The van der Waals surface area contributed by atoms with Gasteiger partial charge in [-0.2, -0.15) is 0 Å². The summed E-state index contributed by atoms with van der Waals surface area (Å²) in [4.78, 5) is 0. The lowest BCUT2D eigenvalue weighted by Gasteiger charge is -2.40. The summed E-state index contributed by atoms with van der Waals surface area (Å²) in [6.45, 7) is 6.77. The van der Waals surface area contributed by atoms with Crippen LogP contribution in [0.5, 0.6) is 5.75 Å². The summed E-state index contributed by atoms with van der Waals surface area (Å²) in [7, 11) is 1.71. The van der Waals surface area contributed by atoms with E-state index < -0.39 is 0 Å². The highest BCUT2D eigenvalue weighted by Crippen LogP contribution is 2.41. The first kappa shape index (κ1) is 15.4. The normalized spacial score (nSPS) is 26.8. The van der Waals surface area contributed by atoms with Gasteiger partial charge in [0, 0.05) is 5.54 Å². The molecule has 1 aromatic carbocycles. The van der Waals surface area contributed by atoms with Crippen molar-refractivity contribution in [2.45, 2.75) is 58.4 Å². The van der Waals surface area contributed by atoms with Crippen LogP contribution in [-0.2, 0) is 5.54 Å². The number of methoxy groups -OCH3 is 1. The molecule has 2 N–H and O–H groups in total. The third-order valence-corrected chi connectivity index (χ3v) is 4.66. The Bertz CT molecular complexity index is 455. The predicted molar refractivity (Wildman–Crippen MR) is 85.0 cm³/mol. The van der Waals surface area contributed by atoms with Crippen molar-refractivity contribution in [3.8, 4) is 5.75 Å². The van der Waals surface area contributed by atoms with Gasteiger partial charge in [-0.3, -0.25) is 0 Å². The Kier molecular flexibility index (Phi) is 4.74. The summed E-state index contributed by atoms with van der Waals surface area (Å²) in [6, 6.07) is 6.32. The number of nitrogens with two attached hydrogens (primary N) is 1. The topological polar surface area (TPSA) is 35.2 Å². The molecule has 0 heterocycles. The summed E-state index contributed by atoms with van der Waals surface area (Å²) in [5.74, 6) is 2.46. The number of hydrogen-bond donors (Lipinski definition) is 1. The van der Waals surface area contributed by atoms with Crippen molar-refractivity contribution >= 4 is 0 Å². The standard InChI is InChI=1S/C18H29NO/c1-13(2)10-15-6-5-9-18(19,12-15)17-8-7-16(20-4)11-14(17)3/h7-8,11,13,15H,5-6,9-10,12,19H2,1-4H3. The summed E-state index contributed by atoms with van der Waals surface area (Å²) in [6.07, 6.45) is 6.12. The highest BCUT2D eigenvalue weighted by atomic mass is 16.5. The number of benzene rings is 1. The molecule has 2 nitrogen and oxygen atoms in total. The minimum atomic E-state index is -0.145. The zero-order valence-corrected chi connectivity index (χ0v) is 13.4. The van der Waals surface area contributed by atoms with E-state index in [-0.39, 0.29) is 5.54 Å². The van der Waals surface area contributed by atoms with Crippen LogP contribution in [0.2, 0.25) is 0 Å². The molecule has 112 valence electrons. The van der Waals surface area contributed by atoms with E-state index in [1.165, 1.54) is 30.4 Å². The highest BCUT2D eigenvalue weighted by Gasteiger charge is 2.35. The van der Waals surface area contributed by atoms with Gasteiger partial charge < -0.3 is 10.5 Å². The number of aryl methyl sites for hydroxylation is 1. The molecule has 2 atom stereocenters. The van der Waals surface area contributed by atoms with Gasteiger partial charge in [-0.15, -0.1) is 0 Å². The molecule has 1 aromatic rings. The second-order valence-electron chi connectivity index (χ2n) is 6.93. The third-order valence-electron chi connectivity index (χ3n) is 4.66. The van der Waals surface area contributed by atoms with Gasteiger partial charge in [-0.1, -0.05) is 32.8 Å². The molecule has 0 saturated heterocycles. The lowest BCUT2D eigenvalue weighted by Crippen LogP contribution is -2.42. The SMILES string of the molecule is COc1ccc(C2(N)CCCC(CC(C)C)C2)c(C)c1. The highest BCUT2D eigenvalue weighted by molar-refractivity contribution is 5.39. The van der Waals surface area contributed by atoms with E-state index >= 15 is 0 Å². The molecular weight excluding hydrogens is 246 g/mol. The van der Waals surface area contributed by atoms with Crippen molar-refractivity contribution in [1.29, 1.82) is 0 Å². The summed E-state index contributed by atoms with van der Waals surface area (Å²) < 4.78 is 5.30. The van der Waals surface area contributed by atoms with Gasteiger partial charge >= 0.3 is 0 Å². The molecule has 20 heavy (non-hydrogen) atoms. The Morgan fingerprint density at radius 1 is 1.40 bits per heavy atom. The van der Waals surface area contributed by atoms with E-state index in [0.717, 1.165) is 30.4 Å². The van der Waals surface area contributed by atoms with E-state index in [0.29, 0.717) is 0 Å². The van der Waals surface area contributed by atoms with E-state index in [4.69, 9.17) is 10.5 Å². The van der Waals surface area contributed by atoms with E-state index in [1.54, 1.807) is 7.11 Å². The minimum Gasteiger partial charge on any atom is -0.497 e. The van der Waals surface area contributed by atoms with Crippen molar-refractivity contribution in [2.24, 2.45) is 17.6 Å². The lowest BCUT2D eigenvalue weighted by atomic mass is 9.70. The first-order valence-corrected chi connectivity index (χ1v) is 7.88. The van der Waals surface area contributed by atoms with E-state index in [2.05, 4.69) is 32.9 Å². The van der Waals surface area contributed by atoms with Crippen LogP contribution in [0.3, 0.4) is 0 Å². The van der Waals surface area contributed by atoms with Crippen LogP contribution in [0.1, 0.15) is 57.1 Å². The fraction of sp³-hybridized carbons (Fsp3) is 0.667. The average Bonchev–Trinajstić information content (AvgIpc) is 2.37. The van der Waals surface area contributed by atoms with Crippen LogP contribution in [0.15, 0.2) is 18.2 Å². The number of ether oxygens (including phenoxy) is 1. The smallest absolute Gasteiger partial charge is 0.119 e. The molecule has 2 unspecified atom stereocenters. The maximum Gasteiger partial charge on any atom is 0.119 e. The Labute approximate surface area is 123 Å². The molecule has 1 saturated carbocycles. The largest absolute Gasteiger partial charge is 0.497 e. The molecule has 1 aliphatic rings. The number of hydrogen-bond acceptors (Lipinski definition) is 2. The second kappa shape index (κ2) is 6.17. The first-order valence-electron chi connectivity index (χ1n) is 7.88. The molecule has 0 aromatic heterocycles. The van der Waals surface area contributed by atoms with Crippen molar-refractivity contribution < 1.29 is 4.74 Å². The molecular formula is C18H29NO.